The van der Waals surface area contributed by atoms with Gasteiger partial charge in [0.05, 0.1) is 36.6 Å². The van der Waals surface area contributed by atoms with Crippen LogP contribution in [0.2, 0.25) is 4.34 Å². The van der Waals surface area contributed by atoms with Gasteiger partial charge in [-0.2, -0.15) is 9.57 Å². The third kappa shape index (κ3) is 4.21. The first-order valence-electron chi connectivity index (χ1n) is 8.66. The molecule has 1 aliphatic heterocycles. The Kier molecular flexibility index (Phi) is 5.89. The molecule has 1 aromatic rings. The summed E-state index contributed by atoms with van der Waals surface area (Å²) < 4.78 is 27.3. The van der Waals surface area contributed by atoms with E-state index in [2.05, 4.69) is 11.4 Å². The Hall–Kier alpha value is -1.18. The number of thiophene rings is 1. The largest absolute Gasteiger partial charge is 0.333 e. The number of quaternary nitrogens is 1. The van der Waals surface area contributed by atoms with Gasteiger partial charge >= 0.3 is 0 Å². The number of halogens is 1. The molecule has 0 atom stereocenters. The van der Waals surface area contributed by atoms with Crippen LogP contribution in [-0.2, 0) is 14.8 Å². The molecule has 0 unspecified atom stereocenters. The van der Waals surface area contributed by atoms with Crippen LogP contribution in [0.15, 0.2) is 16.3 Å². The maximum absolute atomic E-state index is 12.6. The van der Waals surface area contributed by atoms with Crippen LogP contribution in [0.1, 0.15) is 25.7 Å². The minimum Gasteiger partial charge on any atom is -0.333 e. The van der Waals surface area contributed by atoms with Crippen LogP contribution >= 0.6 is 22.9 Å². The quantitative estimate of drug-likeness (QED) is 0.717. The molecule has 2 fully saturated rings. The van der Waals surface area contributed by atoms with Crippen molar-refractivity contribution < 1.29 is 18.1 Å². The number of nitriles is 1. The molecular weight excluding hydrogens is 396 g/mol. The summed E-state index contributed by atoms with van der Waals surface area (Å²) in [6.45, 7) is 2.12. The molecule has 142 valence electrons. The summed E-state index contributed by atoms with van der Waals surface area (Å²) in [6.07, 6.45) is 3.34. The molecular formula is C16H22ClN4O3S2+. The van der Waals surface area contributed by atoms with Crippen LogP contribution in [-0.4, -0.2) is 56.9 Å². The van der Waals surface area contributed by atoms with Crippen LogP contribution in [0.4, 0.5) is 0 Å². The number of rotatable bonds is 5. The summed E-state index contributed by atoms with van der Waals surface area (Å²) in [4.78, 5) is 13.3. The lowest BCUT2D eigenvalue weighted by atomic mass is 10.00. The molecule has 1 saturated carbocycles. The number of nitrogens with zero attached hydrogens (tertiary/aromatic N) is 2. The fraction of sp³-hybridized carbons (Fsp3) is 0.625. The second-order valence-electron chi connectivity index (χ2n) is 6.84. The van der Waals surface area contributed by atoms with Gasteiger partial charge in [0.25, 0.3) is 15.9 Å². The fourth-order valence-corrected chi connectivity index (χ4v) is 6.64. The zero-order valence-corrected chi connectivity index (χ0v) is 16.7. The van der Waals surface area contributed by atoms with E-state index in [-0.39, 0.29) is 16.7 Å². The van der Waals surface area contributed by atoms with Crippen molar-refractivity contribution >= 4 is 38.9 Å². The standard InChI is InChI=1S/C16H21ClN4O3S2/c17-13-3-4-15(25-13)26(23,24)21-9-7-20(8-10-21)11-14(22)19-16(12-18)5-1-2-6-16/h3-4H,1-2,5-11H2,(H,19,22)/p+1. The number of nitrogens with one attached hydrogen (secondary N) is 2. The normalized spacial score (nSPS) is 21.4. The van der Waals surface area contributed by atoms with E-state index >= 15 is 0 Å². The number of carbonyl (C=O) groups is 1. The van der Waals surface area contributed by atoms with Gasteiger partial charge in [-0.05, 0) is 37.8 Å². The fourth-order valence-electron chi connectivity index (χ4n) is 3.56. The van der Waals surface area contributed by atoms with E-state index in [0.717, 1.165) is 29.1 Å². The van der Waals surface area contributed by atoms with Crippen molar-refractivity contribution in [1.82, 2.24) is 9.62 Å². The Bertz CT molecular complexity index is 804. The highest BCUT2D eigenvalue weighted by molar-refractivity contribution is 7.91. The maximum Gasteiger partial charge on any atom is 0.276 e. The van der Waals surface area contributed by atoms with Crippen molar-refractivity contribution in [2.75, 3.05) is 32.7 Å². The van der Waals surface area contributed by atoms with E-state index in [0.29, 0.717) is 43.4 Å². The molecule has 2 aliphatic rings. The maximum atomic E-state index is 12.6. The molecule has 2 heterocycles. The van der Waals surface area contributed by atoms with Crippen LogP contribution in [0.3, 0.4) is 0 Å². The van der Waals surface area contributed by atoms with E-state index < -0.39 is 15.6 Å². The van der Waals surface area contributed by atoms with Gasteiger partial charge in [0.1, 0.15) is 9.75 Å². The average molecular weight is 418 g/mol. The lowest BCUT2D eigenvalue weighted by Gasteiger charge is -2.31. The zero-order chi connectivity index (χ0) is 18.8. The van der Waals surface area contributed by atoms with Gasteiger partial charge in [0.2, 0.25) is 0 Å². The topological polar surface area (TPSA) is 94.7 Å². The molecule has 1 aliphatic carbocycles. The molecule has 3 rings (SSSR count). The highest BCUT2D eigenvalue weighted by Gasteiger charge is 2.37. The van der Waals surface area contributed by atoms with Crippen molar-refractivity contribution in [3.63, 3.8) is 0 Å². The monoisotopic (exact) mass is 417 g/mol. The lowest BCUT2D eigenvalue weighted by molar-refractivity contribution is -0.895. The first-order valence-corrected chi connectivity index (χ1v) is 11.3. The molecule has 7 nitrogen and oxygen atoms in total. The Labute approximate surface area is 162 Å². The van der Waals surface area contributed by atoms with Gasteiger partial charge < -0.3 is 10.2 Å². The number of hydrogen-bond donors (Lipinski definition) is 2. The summed E-state index contributed by atoms with van der Waals surface area (Å²) in [6, 6.07) is 5.36. The molecule has 0 aromatic carbocycles. The van der Waals surface area contributed by atoms with Gasteiger partial charge in [0, 0.05) is 0 Å². The van der Waals surface area contributed by atoms with Crippen LogP contribution in [0.25, 0.3) is 0 Å². The van der Waals surface area contributed by atoms with Crippen LogP contribution in [0.5, 0.6) is 0 Å². The summed E-state index contributed by atoms with van der Waals surface area (Å²) in [5.41, 5.74) is -0.708. The highest BCUT2D eigenvalue weighted by atomic mass is 35.5. The summed E-state index contributed by atoms with van der Waals surface area (Å²) in [5.74, 6) is -0.134. The van der Waals surface area contributed by atoms with Crippen LogP contribution < -0.4 is 10.2 Å². The first-order chi connectivity index (χ1) is 12.3. The Morgan fingerprint density at radius 2 is 2.00 bits per heavy atom. The molecule has 1 saturated heterocycles. The number of amides is 1. The number of piperazine rings is 1. The molecule has 0 bridgehead atoms. The molecule has 1 aromatic heterocycles. The van der Waals surface area contributed by atoms with Crippen molar-refractivity contribution in [2.24, 2.45) is 0 Å². The van der Waals surface area contributed by atoms with Gasteiger partial charge in [-0.1, -0.05) is 11.6 Å². The zero-order valence-electron chi connectivity index (χ0n) is 14.3. The van der Waals surface area contributed by atoms with E-state index in [1.807, 2.05) is 0 Å². The van der Waals surface area contributed by atoms with E-state index in [1.165, 1.54) is 10.4 Å². The average Bonchev–Trinajstić information content (AvgIpc) is 3.25. The molecule has 0 radical (unpaired) electrons. The summed E-state index contributed by atoms with van der Waals surface area (Å²) in [7, 11) is -3.52. The van der Waals surface area contributed by atoms with Crippen molar-refractivity contribution in [1.29, 1.82) is 5.26 Å². The predicted octanol–water partition coefficient (Wildman–Crippen LogP) is 0.243. The predicted molar refractivity (Wildman–Crippen MR) is 98.6 cm³/mol. The van der Waals surface area contributed by atoms with E-state index in [1.54, 1.807) is 6.07 Å². The number of carbonyl (C=O) groups excluding carboxylic acids is 1. The van der Waals surface area contributed by atoms with Gasteiger partial charge in [0.15, 0.2) is 6.54 Å². The second-order valence-corrected chi connectivity index (χ2v) is 10.7. The smallest absolute Gasteiger partial charge is 0.276 e. The van der Waals surface area contributed by atoms with E-state index in [4.69, 9.17) is 11.6 Å². The van der Waals surface area contributed by atoms with Gasteiger partial charge in [-0.15, -0.1) is 11.3 Å². The molecule has 26 heavy (non-hydrogen) atoms. The second kappa shape index (κ2) is 7.82. The molecule has 1 amide bonds. The third-order valence-corrected chi connectivity index (χ3v) is 8.63. The first kappa shape index (κ1) is 19.6. The molecule has 10 heteroatoms. The molecule has 0 spiro atoms. The lowest BCUT2D eigenvalue weighted by Crippen LogP contribution is -3.16. The Balaban J connectivity index is 1.52. The van der Waals surface area contributed by atoms with Gasteiger partial charge in [-0.25, -0.2) is 8.42 Å². The SMILES string of the molecule is N#CC1(NC(=O)C[NH+]2CCN(S(=O)(=O)c3ccc(Cl)s3)CC2)CCCC1. The van der Waals surface area contributed by atoms with Crippen molar-refractivity contribution in [3.05, 3.63) is 16.5 Å². The van der Waals surface area contributed by atoms with Crippen molar-refractivity contribution in [3.8, 4) is 6.07 Å². The van der Waals surface area contributed by atoms with E-state index in [9.17, 15) is 18.5 Å². The summed E-state index contributed by atoms with van der Waals surface area (Å²) in [5, 5.41) is 12.2. The number of hydrogen-bond acceptors (Lipinski definition) is 5. The summed E-state index contributed by atoms with van der Waals surface area (Å²) >= 11 is 6.90. The Morgan fingerprint density at radius 3 is 2.54 bits per heavy atom. The van der Waals surface area contributed by atoms with Gasteiger partial charge in [-0.3, -0.25) is 4.79 Å². The van der Waals surface area contributed by atoms with Crippen LogP contribution in [0, 0.1) is 11.3 Å². The number of sulfonamides is 1. The van der Waals surface area contributed by atoms with Crippen molar-refractivity contribution in [2.45, 2.75) is 35.4 Å². The molecule has 2 N–H and O–H groups in total. The third-order valence-electron chi connectivity index (χ3n) is 5.03. The minimum atomic E-state index is -3.52. The highest BCUT2D eigenvalue weighted by Crippen LogP contribution is 2.29. The Morgan fingerprint density at radius 1 is 1.35 bits per heavy atom. The minimum absolute atomic E-state index is 0.134.